The molecule has 1 fully saturated rings. The van der Waals surface area contributed by atoms with E-state index in [1.54, 1.807) is 11.7 Å². The van der Waals surface area contributed by atoms with E-state index in [1.807, 2.05) is 33.6 Å². The molecule has 2 aromatic rings. The maximum Gasteiger partial charge on any atom is 0.334 e. The summed E-state index contributed by atoms with van der Waals surface area (Å²) in [6.45, 7) is 4.27. The highest BCUT2D eigenvalue weighted by Gasteiger charge is 2.31. The summed E-state index contributed by atoms with van der Waals surface area (Å²) in [5, 5.41) is 19.6. The molecule has 0 atom stereocenters. The lowest BCUT2D eigenvalue weighted by molar-refractivity contribution is -0.384. The van der Waals surface area contributed by atoms with Crippen LogP contribution in [0, 0.1) is 10.1 Å². The summed E-state index contributed by atoms with van der Waals surface area (Å²) < 4.78 is 1.59. The minimum absolute atomic E-state index is 0.0249. The SMILES string of the molecule is CCc1nn(C)c(N2CCCN(C(=O)c3ccsc3)CC2)c1[N+](=O)[O-]. The van der Waals surface area contributed by atoms with Crippen LogP contribution < -0.4 is 4.90 Å². The number of thiophene rings is 1. The highest BCUT2D eigenvalue weighted by molar-refractivity contribution is 7.08. The Bertz CT molecular complexity index is 771. The first-order valence-electron chi connectivity index (χ1n) is 8.29. The van der Waals surface area contributed by atoms with E-state index < -0.39 is 0 Å². The van der Waals surface area contributed by atoms with E-state index in [0.29, 0.717) is 49.7 Å². The summed E-state index contributed by atoms with van der Waals surface area (Å²) in [4.78, 5) is 27.5. The summed E-state index contributed by atoms with van der Waals surface area (Å²) >= 11 is 1.50. The van der Waals surface area contributed by atoms with Gasteiger partial charge in [-0.25, -0.2) is 4.68 Å². The molecular formula is C16H21N5O3S. The van der Waals surface area contributed by atoms with E-state index >= 15 is 0 Å². The van der Waals surface area contributed by atoms with Gasteiger partial charge in [0.1, 0.15) is 5.69 Å². The molecule has 0 aliphatic carbocycles. The van der Waals surface area contributed by atoms with Gasteiger partial charge in [0.2, 0.25) is 5.82 Å². The van der Waals surface area contributed by atoms with Gasteiger partial charge in [0.05, 0.1) is 10.5 Å². The zero-order valence-electron chi connectivity index (χ0n) is 14.3. The first-order valence-corrected chi connectivity index (χ1v) is 9.23. The number of aromatic nitrogens is 2. The number of amides is 1. The second kappa shape index (κ2) is 7.22. The summed E-state index contributed by atoms with van der Waals surface area (Å²) in [6, 6.07) is 1.83. The normalized spacial score (nSPS) is 15.3. The van der Waals surface area contributed by atoms with E-state index in [0.717, 1.165) is 6.42 Å². The lowest BCUT2D eigenvalue weighted by atomic mass is 10.2. The molecule has 1 amide bonds. The van der Waals surface area contributed by atoms with Gasteiger partial charge in [-0.05, 0) is 24.3 Å². The lowest BCUT2D eigenvalue weighted by Crippen LogP contribution is -2.35. The van der Waals surface area contributed by atoms with Crippen LogP contribution in [0.4, 0.5) is 11.5 Å². The number of nitro groups is 1. The Balaban J connectivity index is 1.81. The molecule has 0 aromatic carbocycles. The monoisotopic (exact) mass is 363 g/mol. The first kappa shape index (κ1) is 17.4. The quantitative estimate of drug-likeness (QED) is 0.615. The smallest absolute Gasteiger partial charge is 0.334 e. The Morgan fingerprint density at radius 1 is 1.36 bits per heavy atom. The van der Waals surface area contributed by atoms with Crippen LogP contribution in [-0.4, -0.2) is 51.7 Å². The number of hydrogen-bond donors (Lipinski definition) is 0. The Hall–Kier alpha value is -2.42. The van der Waals surface area contributed by atoms with Crippen LogP contribution in [-0.2, 0) is 13.5 Å². The Labute approximate surface area is 149 Å². The Morgan fingerprint density at radius 3 is 2.80 bits per heavy atom. The lowest BCUT2D eigenvalue weighted by Gasteiger charge is -2.22. The van der Waals surface area contributed by atoms with Crippen LogP contribution in [0.5, 0.6) is 0 Å². The summed E-state index contributed by atoms with van der Waals surface area (Å²) in [5.74, 6) is 0.559. The molecule has 2 aromatic heterocycles. The number of anilines is 1. The van der Waals surface area contributed by atoms with Crippen LogP contribution in [0.1, 0.15) is 29.4 Å². The number of nitrogens with zero attached hydrogens (tertiary/aromatic N) is 5. The van der Waals surface area contributed by atoms with Gasteiger partial charge in [0.25, 0.3) is 5.91 Å². The Kier molecular flexibility index (Phi) is 5.03. The summed E-state index contributed by atoms with van der Waals surface area (Å²) in [5.41, 5.74) is 1.29. The van der Waals surface area contributed by atoms with Gasteiger partial charge in [-0.3, -0.25) is 14.9 Å². The van der Waals surface area contributed by atoms with Crippen molar-refractivity contribution in [3.05, 3.63) is 38.2 Å². The van der Waals surface area contributed by atoms with Gasteiger partial charge in [-0.2, -0.15) is 16.4 Å². The largest absolute Gasteiger partial charge is 0.349 e. The molecule has 8 nitrogen and oxygen atoms in total. The summed E-state index contributed by atoms with van der Waals surface area (Å²) in [6.07, 6.45) is 1.28. The van der Waals surface area contributed by atoms with E-state index in [2.05, 4.69) is 5.10 Å². The van der Waals surface area contributed by atoms with Crippen molar-refractivity contribution < 1.29 is 9.72 Å². The fourth-order valence-corrected chi connectivity index (χ4v) is 3.87. The molecule has 3 rings (SSSR count). The zero-order chi connectivity index (χ0) is 18.0. The summed E-state index contributed by atoms with van der Waals surface area (Å²) in [7, 11) is 1.74. The second-order valence-electron chi connectivity index (χ2n) is 6.00. The maximum atomic E-state index is 12.5. The van der Waals surface area contributed by atoms with Crippen molar-refractivity contribution >= 4 is 28.7 Å². The minimum Gasteiger partial charge on any atom is -0.349 e. The molecule has 1 aliphatic heterocycles. The van der Waals surface area contributed by atoms with Crippen molar-refractivity contribution in [2.45, 2.75) is 19.8 Å². The van der Waals surface area contributed by atoms with Crippen molar-refractivity contribution in [3.63, 3.8) is 0 Å². The Morgan fingerprint density at radius 2 is 2.16 bits per heavy atom. The molecule has 9 heteroatoms. The predicted molar refractivity (Wildman–Crippen MR) is 96.3 cm³/mol. The van der Waals surface area contributed by atoms with Gasteiger partial charge in [0.15, 0.2) is 0 Å². The minimum atomic E-state index is -0.347. The molecule has 0 radical (unpaired) electrons. The number of hydrogen-bond acceptors (Lipinski definition) is 6. The highest BCUT2D eigenvalue weighted by atomic mass is 32.1. The average molecular weight is 363 g/mol. The molecule has 0 bridgehead atoms. The predicted octanol–water partition coefficient (Wildman–Crippen LogP) is 2.30. The topological polar surface area (TPSA) is 84.5 Å². The van der Waals surface area contributed by atoms with Crippen LogP contribution in [0.3, 0.4) is 0 Å². The third-order valence-corrected chi connectivity index (χ3v) is 5.11. The average Bonchev–Trinajstić information content (AvgIpc) is 3.16. The van der Waals surface area contributed by atoms with Gasteiger partial charge >= 0.3 is 5.69 Å². The van der Waals surface area contributed by atoms with Crippen molar-refractivity contribution in [2.24, 2.45) is 7.05 Å². The number of aryl methyl sites for hydroxylation is 2. The van der Waals surface area contributed by atoms with E-state index in [9.17, 15) is 14.9 Å². The molecule has 0 saturated carbocycles. The van der Waals surface area contributed by atoms with Crippen molar-refractivity contribution in [3.8, 4) is 0 Å². The molecule has 0 spiro atoms. The molecule has 25 heavy (non-hydrogen) atoms. The molecular weight excluding hydrogens is 342 g/mol. The van der Waals surface area contributed by atoms with Gasteiger partial charge < -0.3 is 9.80 Å². The second-order valence-corrected chi connectivity index (χ2v) is 6.78. The van der Waals surface area contributed by atoms with Crippen LogP contribution >= 0.6 is 11.3 Å². The van der Waals surface area contributed by atoms with Gasteiger partial charge in [-0.15, -0.1) is 0 Å². The molecule has 0 N–H and O–H groups in total. The van der Waals surface area contributed by atoms with E-state index in [-0.39, 0.29) is 16.5 Å². The third kappa shape index (κ3) is 3.37. The zero-order valence-corrected chi connectivity index (χ0v) is 15.2. The van der Waals surface area contributed by atoms with Gasteiger partial charge in [-0.1, -0.05) is 6.92 Å². The van der Waals surface area contributed by atoms with Crippen molar-refractivity contribution in [2.75, 3.05) is 31.1 Å². The third-order valence-electron chi connectivity index (χ3n) is 4.43. The molecule has 1 aliphatic rings. The van der Waals surface area contributed by atoms with Crippen molar-refractivity contribution in [1.82, 2.24) is 14.7 Å². The van der Waals surface area contributed by atoms with Crippen molar-refractivity contribution in [1.29, 1.82) is 0 Å². The fourth-order valence-electron chi connectivity index (χ4n) is 3.24. The van der Waals surface area contributed by atoms with Gasteiger partial charge in [0, 0.05) is 38.6 Å². The molecule has 3 heterocycles. The first-order chi connectivity index (χ1) is 12.0. The maximum absolute atomic E-state index is 12.5. The van der Waals surface area contributed by atoms with E-state index in [4.69, 9.17) is 0 Å². The van der Waals surface area contributed by atoms with Crippen LogP contribution in [0.2, 0.25) is 0 Å². The number of carbonyl (C=O) groups is 1. The number of carbonyl (C=O) groups excluding carboxylic acids is 1. The number of rotatable bonds is 4. The fraction of sp³-hybridized carbons (Fsp3) is 0.500. The molecule has 0 unspecified atom stereocenters. The van der Waals surface area contributed by atoms with E-state index in [1.165, 1.54) is 11.3 Å². The van der Waals surface area contributed by atoms with Crippen LogP contribution in [0.15, 0.2) is 16.8 Å². The van der Waals surface area contributed by atoms with Crippen LogP contribution in [0.25, 0.3) is 0 Å². The highest BCUT2D eigenvalue weighted by Crippen LogP contribution is 2.32. The standard InChI is InChI=1S/C16H21N5O3S/c1-3-13-14(21(23)24)15(18(2)17-13)19-6-4-7-20(9-8-19)16(22)12-5-10-25-11-12/h5,10-11H,3-4,6-9H2,1-2H3. The molecule has 134 valence electrons. The molecule has 1 saturated heterocycles.